The largest absolute Gasteiger partial charge is 0.486 e. The number of aromatic nitrogens is 1. The van der Waals surface area contributed by atoms with E-state index >= 15 is 0 Å². The fourth-order valence-electron chi connectivity index (χ4n) is 2.10. The van der Waals surface area contributed by atoms with Crippen molar-refractivity contribution in [2.75, 3.05) is 13.2 Å². The molecule has 1 aromatic heterocycles. The van der Waals surface area contributed by atoms with E-state index in [1.165, 1.54) is 0 Å². The molecule has 0 radical (unpaired) electrons. The Labute approximate surface area is 126 Å². The highest BCUT2D eigenvalue weighted by Crippen LogP contribution is 2.38. The van der Waals surface area contributed by atoms with Crippen molar-refractivity contribution in [3.63, 3.8) is 0 Å². The third kappa shape index (κ3) is 3.11. The number of pyridine rings is 1. The molecule has 0 amide bonds. The number of rotatable bonds is 4. The van der Waals surface area contributed by atoms with E-state index in [0.717, 1.165) is 40.3 Å². The SMILES string of the molecule is Brc1cc(CNCc2ccccn2)cc2c1OCCO2. The number of benzene rings is 1. The quantitative estimate of drug-likeness (QED) is 0.933. The van der Waals surface area contributed by atoms with E-state index in [9.17, 15) is 0 Å². The first-order chi connectivity index (χ1) is 9.83. The maximum absolute atomic E-state index is 5.61. The minimum absolute atomic E-state index is 0.600. The fraction of sp³-hybridized carbons (Fsp3) is 0.267. The highest BCUT2D eigenvalue weighted by atomic mass is 79.9. The van der Waals surface area contributed by atoms with Gasteiger partial charge in [-0.3, -0.25) is 4.98 Å². The first-order valence-electron chi connectivity index (χ1n) is 6.51. The van der Waals surface area contributed by atoms with Crippen LogP contribution in [0.2, 0.25) is 0 Å². The van der Waals surface area contributed by atoms with Crippen molar-refractivity contribution in [3.8, 4) is 11.5 Å². The van der Waals surface area contributed by atoms with Crippen LogP contribution in [0.4, 0.5) is 0 Å². The van der Waals surface area contributed by atoms with E-state index in [4.69, 9.17) is 9.47 Å². The summed E-state index contributed by atoms with van der Waals surface area (Å²) < 4.78 is 12.1. The Morgan fingerprint density at radius 3 is 2.90 bits per heavy atom. The Morgan fingerprint density at radius 1 is 1.15 bits per heavy atom. The molecule has 2 aromatic rings. The summed E-state index contributed by atoms with van der Waals surface area (Å²) in [7, 11) is 0. The van der Waals surface area contributed by atoms with Gasteiger partial charge in [0, 0.05) is 19.3 Å². The molecule has 1 aromatic carbocycles. The lowest BCUT2D eigenvalue weighted by molar-refractivity contribution is 0.170. The van der Waals surface area contributed by atoms with Crippen LogP contribution in [0.15, 0.2) is 41.0 Å². The standard InChI is InChI=1S/C15H15BrN2O2/c16-13-7-11(8-14-15(13)20-6-5-19-14)9-17-10-12-3-1-2-4-18-12/h1-4,7-8,17H,5-6,9-10H2. The van der Waals surface area contributed by atoms with Gasteiger partial charge in [0.2, 0.25) is 0 Å². The minimum atomic E-state index is 0.600. The Morgan fingerprint density at radius 2 is 2.05 bits per heavy atom. The van der Waals surface area contributed by atoms with Crippen molar-refractivity contribution < 1.29 is 9.47 Å². The van der Waals surface area contributed by atoms with Gasteiger partial charge in [-0.1, -0.05) is 6.07 Å². The molecule has 1 N–H and O–H groups in total. The van der Waals surface area contributed by atoms with Crippen LogP contribution >= 0.6 is 15.9 Å². The van der Waals surface area contributed by atoms with Crippen molar-refractivity contribution in [1.29, 1.82) is 0 Å². The number of hydrogen-bond acceptors (Lipinski definition) is 4. The molecular weight excluding hydrogens is 320 g/mol. The second-order valence-electron chi connectivity index (χ2n) is 4.53. The summed E-state index contributed by atoms with van der Waals surface area (Å²) in [6.07, 6.45) is 1.80. The third-order valence-corrected chi connectivity index (χ3v) is 3.61. The zero-order valence-electron chi connectivity index (χ0n) is 10.9. The Balaban J connectivity index is 1.64. The van der Waals surface area contributed by atoms with Gasteiger partial charge in [-0.2, -0.15) is 0 Å². The molecule has 0 aliphatic carbocycles. The van der Waals surface area contributed by atoms with Gasteiger partial charge in [-0.05, 0) is 45.8 Å². The predicted molar refractivity (Wildman–Crippen MR) is 79.9 cm³/mol. The molecule has 20 heavy (non-hydrogen) atoms. The van der Waals surface area contributed by atoms with Crippen molar-refractivity contribution >= 4 is 15.9 Å². The van der Waals surface area contributed by atoms with E-state index in [0.29, 0.717) is 13.2 Å². The second kappa shape index (κ2) is 6.24. The monoisotopic (exact) mass is 334 g/mol. The zero-order chi connectivity index (χ0) is 13.8. The minimum Gasteiger partial charge on any atom is -0.486 e. The molecule has 0 atom stereocenters. The first-order valence-corrected chi connectivity index (χ1v) is 7.31. The summed E-state index contributed by atoms with van der Waals surface area (Å²) in [5.74, 6) is 1.60. The highest BCUT2D eigenvalue weighted by Gasteiger charge is 2.16. The summed E-state index contributed by atoms with van der Waals surface area (Å²) in [6, 6.07) is 9.99. The summed E-state index contributed by atoms with van der Waals surface area (Å²) in [6.45, 7) is 2.70. The third-order valence-electron chi connectivity index (χ3n) is 3.02. The Bertz CT molecular complexity index is 590. The number of hydrogen-bond donors (Lipinski definition) is 1. The van der Waals surface area contributed by atoms with Gasteiger partial charge in [0.1, 0.15) is 13.2 Å². The lowest BCUT2D eigenvalue weighted by Crippen LogP contribution is -2.17. The van der Waals surface area contributed by atoms with Crippen molar-refractivity contribution in [1.82, 2.24) is 10.3 Å². The summed E-state index contributed by atoms with van der Waals surface area (Å²) in [4.78, 5) is 4.28. The zero-order valence-corrected chi connectivity index (χ0v) is 12.5. The molecule has 2 heterocycles. The predicted octanol–water partition coefficient (Wildman–Crippen LogP) is 2.91. The molecule has 0 saturated carbocycles. The topological polar surface area (TPSA) is 43.4 Å². The summed E-state index contributed by atoms with van der Waals surface area (Å²) >= 11 is 3.52. The van der Waals surface area contributed by atoms with Gasteiger partial charge < -0.3 is 14.8 Å². The molecule has 0 unspecified atom stereocenters. The van der Waals surface area contributed by atoms with Crippen molar-refractivity contribution in [2.24, 2.45) is 0 Å². The van der Waals surface area contributed by atoms with Crippen LogP contribution in [-0.2, 0) is 13.1 Å². The maximum Gasteiger partial charge on any atom is 0.175 e. The fourth-order valence-corrected chi connectivity index (χ4v) is 2.71. The normalized spacial score (nSPS) is 13.2. The average Bonchev–Trinajstić information content (AvgIpc) is 2.48. The van der Waals surface area contributed by atoms with Crippen LogP contribution in [0.25, 0.3) is 0 Å². The number of fused-ring (bicyclic) bond motifs is 1. The molecule has 104 valence electrons. The summed E-state index contributed by atoms with van der Waals surface area (Å²) in [5, 5.41) is 3.37. The van der Waals surface area contributed by atoms with Crippen LogP contribution in [0.5, 0.6) is 11.5 Å². The molecule has 0 saturated heterocycles. The number of halogens is 1. The molecule has 4 nitrogen and oxygen atoms in total. The van der Waals surface area contributed by atoms with Gasteiger partial charge >= 0.3 is 0 Å². The molecule has 3 rings (SSSR count). The van der Waals surface area contributed by atoms with Gasteiger partial charge in [-0.25, -0.2) is 0 Å². The number of ether oxygens (including phenoxy) is 2. The Kier molecular flexibility index (Phi) is 4.18. The van der Waals surface area contributed by atoms with Crippen LogP contribution in [0.1, 0.15) is 11.3 Å². The molecular formula is C15H15BrN2O2. The first kappa shape index (κ1) is 13.4. The molecule has 5 heteroatoms. The lowest BCUT2D eigenvalue weighted by atomic mass is 10.2. The molecule has 0 fully saturated rings. The van der Waals surface area contributed by atoms with Crippen LogP contribution in [0, 0.1) is 0 Å². The van der Waals surface area contributed by atoms with Crippen LogP contribution in [0.3, 0.4) is 0 Å². The van der Waals surface area contributed by atoms with Gasteiger partial charge in [0.25, 0.3) is 0 Å². The number of nitrogens with one attached hydrogen (secondary N) is 1. The van der Waals surface area contributed by atoms with Crippen LogP contribution < -0.4 is 14.8 Å². The molecule has 1 aliphatic rings. The van der Waals surface area contributed by atoms with Crippen LogP contribution in [-0.4, -0.2) is 18.2 Å². The van der Waals surface area contributed by atoms with E-state index in [2.05, 4.69) is 32.3 Å². The van der Waals surface area contributed by atoms with Crippen molar-refractivity contribution in [3.05, 3.63) is 52.3 Å². The molecule has 0 spiro atoms. The van der Waals surface area contributed by atoms with E-state index in [-0.39, 0.29) is 0 Å². The lowest BCUT2D eigenvalue weighted by Gasteiger charge is -2.20. The van der Waals surface area contributed by atoms with E-state index in [1.807, 2.05) is 24.3 Å². The van der Waals surface area contributed by atoms with E-state index in [1.54, 1.807) is 6.20 Å². The van der Waals surface area contributed by atoms with Crippen molar-refractivity contribution in [2.45, 2.75) is 13.1 Å². The van der Waals surface area contributed by atoms with Gasteiger partial charge in [0.15, 0.2) is 11.5 Å². The highest BCUT2D eigenvalue weighted by molar-refractivity contribution is 9.10. The summed E-state index contributed by atoms with van der Waals surface area (Å²) in [5.41, 5.74) is 2.18. The van der Waals surface area contributed by atoms with Gasteiger partial charge in [-0.15, -0.1) is 0 Å². The smallest absolute Gasteiger partial charge is 0.175 e. The van der Waals surface area contributed by atoms with E-state index < -0.39 is 0 Å². The maximum atomic E-state index is 5.61. The number of nitrogens with zero attached hydrogens (tertiary/aromatic N) is 1. The molecule has 1 aliphatic heterocycles. The Hall–Kier alpha value is -1.59. The van der Waals surface area contributed by atoms with Gasteiger partial charge in [0.05, 0.1) is 10.2 Å². The molecule has 0 bridgehead atoms. The average molecular weight is 335 g/mol. The second-order valence-corrected chi connectivity index (χ2v) is 5.38.